The van der Waals surface area contributed by atoms with Crippen LogP contribution in [0.5, 0.6) is 0 Å². The summed E-state index contributed by atoms with van der Waals surface area (Å²) < 4.78 is 10.4. The maximum atomic E-state index is 11.3. The number of carbonyl (C=O) groups excluding carboxylic acids is 1. The molecule has 0 fully saturated rings. The van der Waals surface area contributed by atoms with Crippen LogP contribution in [0.25, 0.3) is 0 Å². The second kappa shape index (κ2) is 7.46. The second-order valence-electron chi connectivity index (χ2n) is 4.69. The molecule has 1 unspecified atom stereocenters. The third kappa shape index (κ3) is 9.73. The quantitative estimate of drug-likeness (QED) is 0.723. The molecule has 96 valence electrons. The first-order valence-corrected chi connectivity index (χ1v) is 5.63. The van der Waals surface area contributed by atoms with Crippen LogP contribution in [0.15, 0.2) is 0 Å². The highest BCUT2D eigenvalue weighted by Crippen LogP contribution is 2.06. The molecule has 0 aliphatic heterocycles. The lowest BCUT2D eigenvalue weighted by molar-refractivity contribution is 0.0480. The third-order valence-electron chi connectivity index (χ3n) is 1.74. The van der Waals surface area contributed by atoms with Crippen LogP contribution in [0.3, 0.4) is 0 Å². The van der Waals surface area contributed by atoms with E-state index in [0.29, 0.717) is 19.7 Å². The van der Waals surface area contributed by atoms with E-state index < -0.39 is 11.7 Å². The van der Waals surface area contributed by atoms with Crippen molar-refractivity contribution in [1.82, 2.24) is 5.32 Å². The van der Waals surface area contributed by atoms with E-state index in [0.717, 1.165) is 6.42 Å². The molecule has 1 amide bonds. The summed E-state index contributed by atoms with van der Waals surface area (Å²) in [6.45, 7) is 9.06. The van der Waals surface area contributed by atoms with Crippen LogP contribution in [0.1, 0.15) is 34.1 Å². The van der Waals surface area contributed by atoms with Crippen molar-refractivity contribution >= 4 is 6.09 Å². The number of amides is 1. The molecule has 5 nitrogen and oxygen atoms in total. The van der Waals surface area contributed by atoms with E-state index >= 15 is 0 Å². The first kappa shape index (κ1) is 15.2. The van der Waals surface area contributed by atoms with Crippen molar-refractivity contribution in [3.63, 3.8) is 0 Å². The fourth-order valence-electron chi connectivity index (χ4n) is 1.04. The Morgan fingerprint density at radius 1 is 1.44 bits per heavy atom. The Kier molecular flexibility index (Phi) is 7.08. The molecule has 3 N–H and O–H groups in total. The SMILES string of the molecule is CC(CCNC(=O)OC(C)(C)C)OCCN. The van der Waals surface area contributed by atoms with E-state index in [1.54, 1.807) is 0 Å². The molecule has 0 radical (unpaired) electrons. The second-order valence-corrected chi connectivity index (χ2v) is 4.69. The lowest BCUT2D eigenvalue weighted by atomic mass is 10.2. The highest BCUT2D eigenvalue weighted by Gasteiger charge is 2.15. The molecule has 0 saturated heterocycles. The summed E-state index contributed by atoms with van der Waals surface area (Å²) in [5, 5.41) is 2.67. The molecule has 16 heavy (non-hydrogen) atoms. The van der Waals surface area contributed by atoms with Gasteiger partial charge >= 0.3 is 6.09 Å². The Bertz CT molecular complexity index is 202. The maximum absolute atomic E-state index is 11.3. The number of rotatable bonds is 6. The average Bonchev–Trinajstić information content (AvgIpc) is 2.11. The number of ether oxygens (including phenoxy) is 2. The van der Waals surface area contributed by atoms with Gasteiger partial charge in [-0.25, -0.2) is 4.79 Å². The molecule has 0 aromatic heterocycles. The zero-order chi connectivity index (χ0) is 12.6. The van der Waals surface area contributed by atoms with Crippen molar-refractivity contribution in [3.8, 4) is 0 Å². The van der Waals surface area contributed by atoms with Gasteiger partial charge in [-0.3, -0.25) is 0 Å². The molecular formula is C11H24N2O3. The van der Waals surface area contributed by atoms with E-state index in [2.05, 4.69) is 5.32 Å². The predicted octanol–water partition coefficient (Wildman–Crippen LogP) is 1.26. The zero-order valence-electron chi connectivity index (χ0n) is 10.7. The molecule has 0 rings (SSSR count). The van der Waals surface area contributed by atoms with Gasteiger partial charge in [0.05, 0.1) is 12.7 Å². The standard InChI is InChI=1S/C11H24N2O3/c1-9(15-8-6-12)5-7-13-10(14)16-11(2,3)4/h9H,5-8,12H2,1-4H3,(H,13,14). The predicted molar refractivity (Wildman–Crippen MR) is 63.3 cm³/mol. The minimum absolute atomic E-state index is 0.0958. The maximum Gasteiger partial charge on any atom is 0.407 e. The summed E-state index contributed by atoms with van der Waals surface area (Å²) in [7, 11) is 0. The molecular weight excluding hydrogens is 208 g/mol. The lowest BCUT2D eigenvalue weighted by Crippen LogP contribution is -2.34. The largest absolute Gasteiger partial charge is 0.444 e. The van der Waals surface area contributed by atoms with Crippen molar-refractivity contribution in [2.45, 2.75) is 45.8 Å². The molecule has 0 saturated carbocycles. The van der Waals surface area contributed by atoms with Gasteiger partial charge in [0.15, 0.2) is 0 Å². The number of alkyl carbamates (subject to hydrolysis) is 1. The van der Waals surface area contributed by atoms with Crippen molar-refractivity contribution in [2.24, 2.45) is 5.73 Å². The highest BCUT2D eigenvalue weighted by molar-refractivity contribution is 5.67. The molecule has 5 heteroatoms. The van der Waals surface area contributed by atoms with E-state index in [1.807, 2.05) is 27.7 Å². The Hall–Kier alpha value is -0.810. The van der Waals surface area contributed by atoms with Gasteiger partial charge in [0, 0.05) is 13.1 Å². The van der Waals surface area contributed by atoms with Crippen LogP contribution >= 0.6 is 0 Å². The van der Waals surface area contributed by atoms with Crippen LogP contribution in [0, 0.1) is 0 Å². The first-order valence-electron chi connectivity index (χ1n) is 5.63. The fourth-order valence-corrected chi connectivity index (χ4v) is 1.04. The van der Waals surface area contributed by atoms with Gasteiger partial charge in [-0.15, -0.1) is 0 Å². The Morgan fingerprint density at radius 2 is 2.06 bits per heavy atom. The number of hydrogen-bond donors (Lipinski definition) is 2. The molecule has 0 aromatic rings. The summed E-state index contributed by atoms with van der Waals surface area (Å²) in [4.78, 5) is 11.3. The van der Waals surface area contributed by atoms with Gasteiger partial charge in [0.25, 0.3) is 0 Å². The minimum Gasteiger partial charge on any atom is -0.444 e. The Morgan fingerprint density at radius 3 is 2.56 bits per heavy atom. The van der Waals surface area contributed by atoms with Gasteiger partial charge in [0.1, 0.15) is 5.60 Å². The topological polar surface area (TPSA) is 73.6 Å². The van der Waals surface area contributed by atoms with E-state index in [1.165, 1.54) is 0 Å². The summed E-state index contributed by atoms with van der Waals surface area (Å²) in [5.74, 6) is 0. The average molecular weight is 232 g/mol. The van der Waals surface area contributed by atoms with Crippen LogP contribution in [-0.2, 0) is 9.47 Å². The first-order chi connectivity index (χ1) is 7.35. The van der Waals surface area contributed by atoms with Crippen LogP contribution in [-0.4, -0.2) is 37.5 Å². The normalized spacial score (nSPS) is 13.3. The molecule has 0 spiro atoms. The summed E-state index contributed by atoms with van der Waals surface area (Å²) in [6, 6.07) is 0. The van der Waals surface area contributed by atoms with E-state index in [4.69, 9.17) is 15.2 Å². The molecule has 0 bridgehead atoms. The number of nitrogens with one attached hydrogen (secondary N) is 1. The van der Waals surface area contributed by atoms with Gasteiger partial charge in [-0.1, -0.05) is 0 Å². The molecule has 0 heterocycles. The third-order valence-corrected chi connectivity index (χ3v) is 1.74. The molecule has 1 atom stereocenters. The number of nitrogens with two attached hydrogens (primary N) is 1. The number of hydrogen-bond acceptors (Lipinski definition) is 4. The van der Waals surface area contributed by atoms with Crippen LogP contribution in [0.2, 0.25) is 0 Å². The smallest absolute Gasteiger partial charge is 0.407 e. The van der Waals surface area contributed by atoms with Crippen molar-refractivity contribution < 1.29 is 14.3 Å². The van der Waals surface area contributed by atoms with E-state index in [-0.39, 0.29) is 6.10 Å². The Labute approximate surface area is 97.7 Å². The zero-order valence-corrected chi connectivity index (χ0v) is 10.7. The van der Waals surface area contributed by atoms with Gasteiger partial charge in [-0.2, -0.15) is 0 Å². The van der Waals surface area contributed by atoms with Crippen molar-refractivity contribution in [3.05, 3.63) is 0 Å². The summed E-state index contributed by atoms with van der Waals surface area (Å²) in [5.41, 5.74) is 4.86. The monoisotopic (exact) mass is 232 g/mol. The fraction of sp³-hybridized carbons (Fsp3) is 0.909. The van der Waals surface area contributed by atoms with E-state index in [9.17, 15) is 4.79 Å². The summed E-state index contributed by atoms with van der Waals surface area (Å²) in [6.07, 6.45) is 0.455. The summed E-state index contributed by atoms with van der Waals surface area (Å²) >= 11 is 0. The molecule has 0 aliphatic carbocycles. The van der Waals surface area contributed by atoms with Crippen LogP contribution < -0.4 is 11.1 Å². The minimum atomic E-state index is -0.453. The van der Waals surface area contributed by atoms with Gasteiger partial charge < -0.3 is 20.5 Å². The van der Waals surface area contributed by atoms with Crippen LogP contribution in [0.4, 0.5) is 4.79 Å². The van der Waals surface area contributed by atoms with Crippen molar-refractivity contribution in [2.75, 3.05) is 19.7 Å². The van der Waals surface area contributed by atoms with Gasteiger partial charge in [-0.05, 0) is 34.1 Å². The molecule has 0 aromatic carbocycles. The molecule has 0 aliphatic rings. The van der Waals surface area contributed by atoms with Crippen molar-refractivity contribution in [1.29, 1.82) is 0 Å². The Balaban J connectivity index is 3.54. The highest BCUT2D eigenvalue weighted by atomic mass is 16.6. The van der Waals surface area contributed by atoms with Gasteiger partial charge in [0.2, 0.25) is 0 Å². The number of carbonyl (C=O) groups is 1. The lowest BCUT2D eigenvalue weighted by Gasteiger charge is -2.20.